The highest BCUT2D eigenvalue weighted by molar-refractivity contribution is 5.84. The Morgan fingerprint density at radius 3 is 2.24 bits per heavy atom. The molecule has 0 radical (unpaired) electrons. The minimum Gasteiger partial charge on any atom is -0.351 e. The number of amides is 3. The Bertz CT molecular complexity index is 851. The van der Waals surface area contributed by atoms with Crippen LogP contribution in [-0.2, 0) is 17.9 Å². The van der Waals surface area contributed by atoms with Gasteiger partial charge < -0.3 is 15.5 Å². The van der Waals surface area contributed by atoms with Crippen LogP contribution in [0.5, 0.6) is 0 Å². The number of nitrogens with zero attached hydrogens (tertiary/aromatic N) is 1. The first-order valence-corrected chi connectivity index (χ1v) is 9.97. The second-order valence-electron chi connectivity index (χ2n) is 8.04. The summed E-state index contributed by atoms with van der Waals surface area (Å²) in [5.74, 6) is -0.336. The van der Waals surface area contributed by atoms with Gasteiger partial charge in [0.15, 0.2) is 0 Å². The zero-order chi connectivity index (χ0) is 20.9. The van der Waals surface area contributed by atoms with Crippen LogP contribution in [0.4, 0.5) is 9.18 Å². The van der Waals surface area contributed by atoms with Gasteiger partial charge in [0, 0.05) is 26.2 Å². The Hall–Kier alpha value is -2.89. The monoisotopic (exact) mass is 397 g/mol. The van der Waals surface area contributed by atoms with Crippen molar-refractivity contribution >= 4 is 11.9 Å². The molecule has 0 aromatic heterocycles. The number of nitrogens with one attached hydrogen (secondary N) is 2. The molecule has 3 rings (SSSR count). The molecular weight excluding hydrogens is 369 g/mol. The topological polar surface area (TPSA) is 61.4 Å². The molecule has 1 saturated heterocycles. The predicted octanol–water partition coefficient (Wildman–Crippen LogP) is 3.76. The van der Waals surface area contributed by atoms with E-state index in [9.17, 15) is 14.0 Å². The van der Waals surface area contributed by atoms with Crippen molar-refractivity contribution in [3.05, 3.63) is 71.0 Å². The average Bonchev–Trinajstić information content (AvgIpc) is 2.72. The van der Waals surface area contributed by atoms with Crippen LogP contribution in [0.3, 0.4) is 0 Å². The van der Waals surface area contributed by atoms with E-state index in [4.69, 9.17) is 0 Å². The Kier molecular flexibility index (Phi) is 6.52. The van der Waals surface area contributed by atoms with Crippen molar-refractivity contribution in [2.75, 3.05) is 13.1 Å². The van der Waals surface area contributed by atoms with Crippen LogP contribution in [0.2, 0.25) is 0 Å². The molecule has 0 saturated carbocycles. The lowest BCUT2D eigenvalue weighted by Gasteiger charge is -2.39. The van der Waals surface area contributed by atoms with Crippen molar-refractivity contribution in [1.29, 1.82) is 0 Å². The van der Waals surface area contributed by atoms with Crippen LogP contribution < -0.4 is 10.6 Å². The second kappa shape index (κ2) is 9.07. The van der Waals surface area contributed by atoms with Gasteiger partial charge in [-0.1, -0.05) is 42.0 Å². The lowest BCUT2D eigenvalue weighted by atomic mass is 9.81. The quantitative estimate of drug-likeness (QED) is 0.807. The summed E-state index contributed by atoms with van der Waals surface area (Å²) in [6, 6.07) is 13.9. The van der Waals surface area contributed by atoms with Gasteiger partial charge in [0.1, 0.15) is 5.82 Å². The van der Waals surface area contributed by atoms with Gasteiger partial charge in [0.25, 0.3) is 0 Å². The van der Waals surface area contributed by atoms with Crippen molar-refractivity contribution < 1.29 is 14.0 Å². The summed E-state index contributed by atoms with van der Waals surface area (Å²) >= 11 is 0. The van der Waals surface area contributed by atoms with Crippen molar-refractivity contribution in [2.45, 2.75) is 39.8 Å². The molecule has 2 aromatic carbocycles. The van der Waals surface area contributed by atoms with Crippen LogP contribution in [0.1, 0.15) is 36.5 Å². The van der Waals surface area contributed by atoms with Gasteiger partial charge in [-0.25, -0.2) is 9.18 Å². The number of aryl methyl sites for hydroxylation is 1. The second-order valence-corrected chi connectivity index (χ2v) is 8.04. The van der Waals surface area contributed by atoms with Gasteiger partial charge in [-0.3, -0.25) is 4.79 Å². The lowest BCUT2D eigenvalue weighted by molar-refractivity contribution is -0.132. The Labute approximate surface area is 171 Å². The average molecular weight is 397 g/mol. The highest BCUT2D eigenvalue weighted by atomic mass is 19.1. The minimum atomic E-state index is -0.615. The zero-order valence-corrected chi connectivity index (χ0v) is 17.0. The molecule has 2 N–H and O–H groups in total. The minimum absolute atomic E-state index is 0.0332. The molecule has 1 atom stereocenters. The van der Waals surface area contributed by atoms with E-state index in [1.54, 1.807) is 17.0 Å². The number of benzene rings is 2. The molecule has 154 valence electrons. The van der Waals surface area contributed by atoms with Crippen molar-refractivity contribution in [2.24, 2.45) is 5.41 Å². The standard InChI is InChI=1S/C23H28FN3O2/c1-17-4-6-18(7-5-17)14-25-21(28)23(2)12-3-13-27(16-23)22(29)26-15-19-8-10-20(24)11-9-19/h4-11H,3,12-16H2,1-2H3,(H,25,28)(H,26,29)/t23-/m0/s1. The zero-order valence-electron chi connectivity index (χ0n) is 17.0. The van der Waals surface area contributed by atoms with E-state index in [0.29, 0.717) is 26.2 Å². The van der Waals surface area contributed by atoms with E-state index >= 15 is 0 Å². The van der Waals surface area contributed by atoms with Gasteiger partial charge in [0.2, 0.25) is 5.91 Å². The van der Waals surface area contributed by atoms with E-state index in [1.165, 1.54) is 17.7 Å². The molecule has 3 amide bonds. The van der Waals surface area contributed by atoms with Crippen LogP contribution in [0, 0.1) is 18.2 Å². The summed E-state index contributed by atoms with van der Waals surface area (Å²) in [6.07, 6.45) is 1.52. The molecule has 5 nitrogen and oxygen atoms in total. The van der Waals surface area contributed by atoms with Gasteiger partial charge in [0.05, 0.1) is 5.41 Å². The molecular formula is C23H28FN3O2. The summed E-state index contributed by atoms with van der Waals surface area (Å²) in [5.41, 5.74) is 2.45. The number of carbonyl (C=O) groups is 2. The molecule has 0 spiro atoms. The molecule has 2 aromatic rings. The first kappa shape index (κ1) is 20.8. The van der Waals surface area contributed by atoms with E-state index in [-0.39, 0.29) is 17.8 Å². The van der Waals surface area contributed by atoms with Crippen molar-refractivity contribution in [3.63, 3.8) is 0 Å². The van der Waals surface area contributed by atoms with Crippen LogP contribution in [0.15, 0.2) is 48.5 Å². The van der Waals surface area contributed by atoms with E-state index in [0.717, 1.165) is 24.0 Å². The van der Waals surface area contributed by atoms with Crippen molar-refractivity contribution in [3.8, 4) is 0 Å². The molecule has 1 fully saturated rings. The number of hydrogen-bond donors (Lipinski definition) is 2. The van der Waals surface area contributed by atoms with Gasteiger partial charge in [-0.05, 0) is 49.9 Å². The molecule has 29 heavy (non-hydrogen) atoms. The summed E-state index contributed by atoms with van der Waals surface area (Å²) in [6.45, 7) is 5.74. The maximum atomic E-state index is 13.0. The number of rotatable bonds is 5. The third-order valence-electron chi connectivity index (χ3n) is 5.46. The van der Waals surface area contributed by atoms with Gasteiger partial charge in [-0.15, -0.1) is 0 Å². The third kappa shape index (κ3) is 5.56. The molecule has 0 unspecified atom stereocenters. The predicted molar refractivity (Wildman–Crippen MR) is 111 cm³/mol. The fourth-order valence-corrected chi connectivity index (χ4v) is 3.59. The smallest absolute Gasteiger partial charge is 0.317 e. The Balaban J connectivity index is 1.53. The number of likely N-dealkylation sites (tertiary alicyclic amines) is 1. The fourth-order valence-electron chi connectivity index (χ4n) is 3.59. The van der Waals surface area contributed by atoms with E-state index < -0.39 is 5.41 Å². The molecule has 1 aliphatic heterocycles. The number of hydrogen-bond acceptors (Lipinski definition) is 2. The van der Waals surface area contributed by atoms with Gasteiger partial charge in [-0.2, -0.15) is 0 Å². The highest BCUT2D eigenvalue weighted by Crippen LogP contribution is 2.30. The normalized spacial score (nSPS) is 18.9. The number of piperidine rings is 1. The molecule has 6 heteroatoms. The third-order valence-corrected chi connectivity index (χ3v) is 5.46. The maximum absolute atomic E-state index is 13.0. The SMILES string of the molecule is Cc1ccc(CNC(=O)[C@@]2(C)CCCN(C(=O)NCc3ccc(F)cc3)C2)cc1. The molecule has 0 bridgehead atoms. The van der Waals surface area contributed by atoms with Crippen LogP contribution >= 0.6 is 0 Å². The Morgan fingerprint density at radius 2 is 1.59 bits per heavy atom. The maximum Gasteiger partial charge on any atom is 0.317 e. The van der Waals surface area contributed by atoms with Crippen LogP contribution in [-0.4, -0.2) is 29.9 Å². The highest BCUT2D eigenvalue weighted by Gasteiger charge is 2.39. The molecule has 1 heterocycles. The summed E-state index contributed by atoms with van der Waals surface area (Å²) in [4.78, 5) is 27.1. The first-order chi connectivity index (χ1) is 13.9. The van der Waals surface area contributed by atoms with E-state index in [2.05, 4.69) is 10.6 Å². The fraction of sp³-hybridized carbons (Fsp3) is 0.391. The van der Waals surface area contributed by atoms with Crippen molar-refractivity contribution in [1.82, 2.24) is 15.5 Å². The molecule has 1 aliphatic rings. The van der Waals surface area contributed by atoms with Crippen LogP contribution in [0.25, 0.3) is 0 Å². The number of urea groups is 1. The summed E-state index contributed by atoms with van der Waals surface area (Å²) in [5, 5.41) is 5.88. The summed E-state index contributed by atoms with van der Waals surface area (Å²) in [7, 11) is 0. The molecule has 0 aliphatic carbocycles. The van der Waals surface area contributed by atoms with Gasteiger partial charge >= 0.3 is 6.03 Å². The largest absolute Gasteiger partial charge is 0.351 e. The first-order valence-electron chi connectivity index (χ1n) is 9.97. The lowest BCUT2D eigenvalue weighted by Crippen LogP contribution is -2.53. The number of halogens is 1. The summed E-state index contributed by atoms with van der Waals surface area (Å²) < 4.78 is 13.0. The Morgan fingerprint density at radius 1 is 1.00 bits per heavy atom. The number of carbonyl (C=O) groups excluding carboxylic acids is 2. The van der Waals surface area contributed by atoms with E-state index in [1.807, 2.05) is 38.1 Å².